The molecule has 0 saturated carbocycles. The fraction of sp³-hybridized carbons (Fsp3) is 0.750. The number of likely N-dealkylation sites (N-methyl/N-ethyl adjacent to an activating group) is 1. The first-order chi connectivity index (χ1) is 16.5. The maximum absolute atomic E-state index is 11.6. The lowest BCUT2D eigenvalue weighted by atomic mass is 10.0. The van der Waals surface area contributed by atoms with Gasteiger partial charge in [-0.2, -0.15) is 0 Å². The van der Waals surface area contributed by atoms with Gasteiger partial charge in [-0.3, -0.25) is 4.79 Å². The van der Waals surface area contributed by atoms with Gasteiger partial charge in [0.2, 0.25) is 0 Å². The van der Waals surface area contributed by atoms with Crippen LogP contribution in [0.15, 0.2) is 29.2 Å². The highest BCUT2D eigenvalue weighted by Gasteiger charge is 2.09. The third-order valence-electron chi connectivity index (χ3n) is 5.82. The Balaban J connectivity index is 0.000000867. The van der Waals surface area contributed by atoms with Gasteiger partial charge in [0.25, 0.3) is 0 Å². The van der Waals surface area contributed by atoms with Crippen molar-refractivity contribution in [3.63, 3.8) is 0 Å². The molecule has 1 aromatic rings. The van der Waals surface area contributed by atoms with Crippen LogP contribution in [0, 0.1) is 6.92 Å². The number of esters is 1. The average Bonchev–Trinajstić information content (AvgIpc) is 2.76. The third kappa shape index (κ3) is 22.7. The number of nitrogens with zero attached hydrogens (tertiary/aromatic N) is 1. The van der Waals surface area contributed by atoms with Crippen molar-refractivity contribution < 1.29 is 27.0 Å². The first kappa shape index (κ1) is 33.6. The van der Waals surface area contributed by atoms with Gasteiger partial charge in [-0.05, 0) is 25.5 Å². The Labute approximate surface area is 215 Å². The summed E-state index contributed by atoms with van der Waals surface area (Å²) < 4.78 is 37.3. The topological polar surface area (TPSA) is 83.5 Å². The Kier molecular flexibility index (Phi) is 18.9. The molecule has 0 amide bonds. The van der Waals surface area contributed by atoms with E-state index in [0.717, 1.165) is 23.0 Å². The number of hydrogen-bond donors (Lipinski definition) is 0. The van der Waals surface area contributed by atoms with E-state index in [2.05, 4.69) is 28.1 Å². The summed E-state index contributed by atoms with van der Waals surface area (Å²) in [7, 11) is 2.06. The maximum Gasteiger partial charge on any atom is 0.305 e. The lowest BCUT2D eigenvalue weighted by molar-refractivity contribution is -0.870. The van der Waals surface area contributed by atoms with Crippen molar-refractivity contribution in [1.29, 1.82) is 0 Å². The largest absolute Gasteiger partial charge is 0.744 e. The van der Waals surface area contributed by atoms with E-state index < -0.39 is 10.1 Å². The van der Waals surface area contributed by atoms with E-state index >= 15 is 0 Å². The number of carbonyl (C=O) groups excluding carboxylic acids is 1. The van der Waals surface area contributed by atoms with Crippen molar-refractivity contribution in [3.05, 3.63) is 29.8 Å². The lowest BCUT2D eigenvalue weighted by Gasteiger charge is -2.23. The van der Waals surface area contributed by atoms with Gasteiger partial charge in [0.1, 0.15) is 23.3 Å². The van der Waals surface area contributed by atoms with Gasteiger partial charge in [0, 0.05) is 6.42 Å². The quantitative estimate of drug-likeness (QED) is 0.0953. The predicted octanol–water partition coefficient (Wildman–Crippen LogP) is 6.62. The van der Waals surface area contributed by atoms with Crippen LogP contribution >= 0.6 is 0 Å². The second-order valence-electron chi connectivity index (χ2n) is 10.5. The zero-order valence-electron chi connectivity index (χ0n) is 23.0. The van der Waals surface area contributed by atoms with Crippen LogP contribution in [0.2, 0.25) is 0 Å². The number of hydrogen-bond acceptors (Lipinski definition) is 5. The van der Waals surface area contributed by atoms with E-state index in [0.29, 0.717) is 13.0 Å². The second-order valence-corrected chi connectivity index (χ2v) is 11.9. The minimum atomic E-state index is -4.27. The van der Waals surface area contributed by atoms with E-state index in [1.54, 1.807) is 12.1 Å². The standard InChI is InChI=1S/C21H44NO2.C7H8O3S/c1-5-6-7-8-9-10-11-12-13-14-15-16-17-18-21(23)24-20-19-22(2,3)4;1-6-2-4-7(5-3-6)11(8,9)10/h5-20H2,1-4H3;2-5H,1H3,(H,8,9,10)/q+1;/p-1. The van der Waals surface area contributed by atoms with E-state index in [9.17, 15) is 17.8 Å². The van der Waals surface area contributed by atoms with Gasteiger partial charge < -0.3 is 13.8 Å². The predicted molar refractivity (Wildman–Crippen MR) is 143 cm³/mol. The van der Waals surface area contributed by atoms with Crippen LogP contribution in [0.3, 0.4) is 0 Å². The van der Waals surface area contributed by atoms with Crippen molar-refractivity contribution in [2.24, 2.45) is 0 Å². The highest BCUT2D eigenvalue weighted by molar-refractivity contribution is 7.85. The Morgan fingerprint density at radius 1 is 0.800 bits per heavy atom. The van der Waals surface area contributed by atoms with Crippen LogP contribution in [0.5, 0.6) is 0 Å². The summed E-state index contributed by atoms with van der Waals surface area (Å²) in [5.74, 6) is -0.0217. The molecule has 6 nitrogen and oxygen atoms in total. The molecule has 0 heterocycles. The number of benzene rings is 1. The minimum absolute atomic E-state index is 0.0217. The summed E-state index contributed by atoms with van der Waals surface area (Å²) >= 11 is 0. The minimum Gasteiger partial charge on any atom is -0.744 e. The SMILES string of the molecule is CCCCCCCCCCCCCCCC(=O)OCC[N+](C)(C)C.Cc1ccc(S(=O)(=O)[O-])cc1. The number of quaternary nitrogens is 1. The summed E-state index contributed by atoms with van der Waals surface area (Å²) in [5.41, 5.74) is 0.928. The third-order valence-corrected chi connectivity index (χ3v) is 6.67. The molecule has 0 aliphatic heterocycles. The Bertz CT molecular complexity index is 755. The van der Waals surface area contributed by atoms with Gasteiger partial charge in [-0.25, -0.2) is 8.42 Å². The van der Waals surface area contributed by atoms with Gasteiger partial charge in [0.15, 0.2) is 0 Å². The van der Waals surface area contributed by atoms with Crippen LogP contribution < -0.4 is 0 Å². The molecule has 204 valence electrons. The first-order valence-electron chi connectivity index (χ1n) is 13.4. The van der Waals surface area contributed by atoms with Gasteiger partial charge in [-0.1, -0.05) is 102 Å². The van der Waals surface area contributed by atoms with Crippen molar-refractivity contribution in [2.75, 3.05) is 34.3 Å². The highest BCUT2D eigenvalue weighted by Crippen LogP contribution is 2.13. The molecule has 0 aromatic heterocycles. The van der Waals surface area contributed by atoms with Crippen LogP contribution in [0.25, 0.3) is 0 Å². The number of carbonyl (C=O) groups is 1. The molecule has 1 rings (SSSR count). The molecule has 0 fully saturated rings. The molecule has 0 unspecified atom stereocenters. The number of unbranched alkanes of at least 4 members (excludes halogenated alkanes) is 12. The molecule has 0 N–H and O–H groups in total. The van der Waals surface area contributed by atoms with Crippen molar-refractivity contribution in [1.82, 2.24) is 0 Å². The monoisotopic (exact) mass is 513 g/mol. The van der Waals surface area contributed by atoms with E-state index in [1.807, 2.05) is 6.92 Å². The van der Waals surface area contributed by atoms with E-state index in [1.165, 1.54) is 89.2 Å². The maximum atomic E-state index is 11.6. The Morgan fingerprint density at radius 3 is 1.63 bits per heavy atom. The van der Waals surface area contributed by atoms with Crippen molar-refractivity contribution >= 4 is 16.1 Å². The fourth-order valence-corrected chi connectivity index (χ4v) is 3.97. The fourth-order valence-electron chi connectivity index (χ4n) is 3.50. The molecule has 0 atom stereocenters. The Morgan fingerprint density at radius 2 is 1.23 bits per heavy atom. The molecular formula is C28H51NO5S. The summed E-state index contributed by atoms with van der Waals surface area (Å²) in [6.45, 7) is 5.52. The van der Waals surface area contributed by atoms with Crippen LogP contribution in [0.1, 0.15) is 102 Å². The zero-order chi connectivity index (χ0) is 26.6. The van der Waals surface area contributed by atoms with Crippen LogP contribution in [0.4, 0.5) is 0 Å². The van der Waals surface area contributed by atoms with Crippen LogP contribution in [-0.2, 0) is 19.6 Å². The molecule has 0 aliphatic rings. The average molecular weight is 514 g/mol. The first-order valence-corrected chi connectivity index (χ1v) is 14.8. The number of aryl methyl sites for hydroxylation is 1. The van der Waals surface area contributed by atoms with Crippen LogP contribution in [-0.4, -0.2) is 57.7 Å². The normalized spacial score (nSPS) is 11.6. The number of ether oxygens (including phenoxy) is 1. The molecular weight excluding hydrogens is 462 g/mol. The van der Waals surface area contributed by atoms with Gasteiger partial charge in [0.05, 0.1) is 26.0 Å². The van der Waals surface area contributed by atoms with Crippen molar-refractivity contribution in [3.8, 4) is 0 Å². The summed E-state index contributed by atoms with van der Waals surface area (Å²) in [4.78, 5) is 11.4. The summed E-state index contributed by atoms with van der Waals surface area (Å²) in [6, 6.07) is 5.78. The molecule has 7 heteroatoms. The summed E-state index contributed by atoms with van der Waals surface area (Å²) in [5, 5.41) is 0. The molecule has 1 aromatic carbocycles. The Hall–Kier alpha value is -1.44. The second kappa shape index (κ2) is 19.7. The van der Waals surface area contributed by atoms with E-state index in [-0.39, 0.29) is 10.9 Å². The molecule has 0 saturated heterocycles. The molecule has 0 bridgehead atoms. The molecule has 0 spiro atoms. The van der Waals surface area contributed by atoms with Crippen molar-refractivity contribution in [2.45, 2.75) is 109 Å². The lowest BCUT2D eigenvalue weighted by Crippen LogP contribution is -2.37. The number of rotatable bonds is 18. The smallest absolute Gasteiger partial charge is 0.305 e. The molecule has 35 heavy (non-hydrogen) atoms. The zero-order valence-corrected chi connectivity index (χ0v) is 23.8. The van der Waals surface area contributed by atoms with Gasteiger partial charge >= 0.3 is 5.97 Å². The van der Waals surface area contributed by atoms with E-state index in [4.69, 9.17) is 4.74 Å². The molecule has 0 aliphatic carbocycles. The summed E-state index contributed by atoms with van der Waals surface area (Å²) in [6.07, 6.45) is 17.9. The molecule has 0 radical (unpaired) electrons. The van der Waals surface area contributed by atoms with Gasteiger partial charge in [-0.15, -0.1) is 0 Å². The highest BCUT2D eigenvalue weighted by atomic mass is 32.2.